The topological polar surface area (TPSA) is 177 Å². The Kier molecular flexibility index (Phi) is 5.51. The number of ether oxygens (including phenoxy) is 1. The molecule has 1 aromatic rings. The van der Waals surface area contributed by atoms with Crippen molar-refractivity contribution in [3.8, 4) is 0 Å². The summed E-state index contributed by atoms with van der Waals surface area (Å²) >= 11 is 9.36. The molecule has 1 aliphatic rings. The summed E-state index contributed by atoms with van der Waals surface area (Å²) in [5.41, 5.74) is 16.0. The van der Waals surface area contributed by atoms with Gasteiger partial charge < -0.3 is 16.2 Å². The van der Waals surface area contributed by atoms with Gasteiger partial charge in [-0.05, 0) is 42.1 Å². The largest absolute Gasteiger partial charge is 0.461 e. The quantitative estimate of drug-likeness (QED) is 0.274. The van der Waals surface area contributed by atoms with Crippen LogP contribution in [0.1, 0.15) is 11.7 Å². The van der Waals surface area contributed by atoms with Crippen LogP contribution in [-0.4, -0.2) is 32.5 Å². The monoisotopic (exact) mass is 380 g/mol. The number of nitrogens with one attached hydrogen (secondary N) is 3. The van der Waals surface area contributed by atoms with Gasteiger partial charge in [0.2, 0.25) is 5.90 Å². The summed E-state index contributed by atoms with van der Waals surface area (Å²) in [7, 11) is 0. The van der Waals surface area contributed by atoms with Crippen LogP contribution in [0.3, 0.4) is 0 Å². The molecule has 0 amide bonds. The van der Waals surface area contributed by atoms with Gasteiger partial charge in [0.15, 0.2) is 22.0 Å². The van der Waals surface area contributed by atoms with E-state index in [1.165, 1.54) is 24.3 Å². The van der Waals surface area contributed by atoms with Crippen molar-refractivity contribution in [3.63, 3.8) is 0 Å². The molecule has 2 rings (SSSR count). The predicted molar refractivity (Wildman–Crippen MR) is 99.4 cm³/mol. The van der Waals surface area contributed by atoms with E-state index in [0.29, 0.717) is 5.56 Å². The minimum absolute atomic E-state index is 0.0277. The van der Waals surface area contributed by atoms with Crippen molar-refractivity contribution >= 4 is 57.7 Å². The number of nitro benzene ring substituents is 1. The lowest BCUT2D eigenvalue weighted by molar-refractivity contribution is -0.384. The third kappa shape index (κ3) is 4.42. The van der Waals surface area contributed by atoms with E-state index in [0.717, 1.165) is 0 Å². The third-order valence-electron chi connectivity index (χ3n) is 2.91. The van der Waals surface area contributed by atoms with Crippen LogP contribution < -0.4 is 22.3 Å². The molecule has 0 unspecified atom stereocenters. The van der Waals surface area contributed by atoms with Gasteiger partial charge in [-0.3, -0.25) is 26.4 Å². The average molecular weight is 380 g/mol. The first-order chi connectivity index (χ1) is 11.8. The number of non-ortho nitro benzene ring substituents is 1. The molecule has 25 heavy (non-hydrogen) atoms. The van der Waals surface area contributed by atoms with E-state index in [4.69, 9.17) is 33.8 Å². The van der Waals surface area contributed by atoms with E-state index >= 15 is 0 Å². The molecule has 1 atom stereocenters. The molecular weight excluding hydrogens is 368 g/mol. The Morgan fingerprint density at radius 2 is 1.76 bits per heavy atom. The average Bonchev–Trinajstić information content (AvgIpc) is 2.86. The van der Waals surface area contributed by atoms with Crippen molar-refractivity contribution in [2.75, 3.05) is 0 Å². The molecule has 0 saturated carbocycles. The van der Waals surface area contributed by atoms with Crippen molar-refractivity contribution < 1.29 is 9.66 Å². The molecule has 0 bridgehead atoms. The third-order valence-corrected chi connectivity index (χ3v) is 3.10. The summed E-state index contributed by atoms with van der Waals surface area (Å²) in [6, 6.07) is 5.58. The number of hydrogen-bond donors (Lipinski definition) is 5. The lowest BCUT2D eigenvalue weighted by atomic mass is 10.0. The lowest BCUT2D eigenvalue weighted by Gasteiger charge is -2.10. The number of hydrogen-bond acceptors (Lipinski definition) is 8. The minimum Gasteiger partial charge on any atom is -0.461 e. The molecule has 1 aliphatic heterocycles. The SMILES string of the molecule is N=C1O[C@@H](c2ccc([N+](=O)[O-])cc2)C(=NNC(N)=S)/C1=N\NC(N)=S. The maximum Gasteiger partial charge on any atom is 0.269 e. The molecule has 1 aromatic carbocycles. The number of nitrogens with two attached hydrogens (primary N) is 2. The Labute approximate surface area is 151 Å². The molecule has 0 aromatic heterocycles. The molecule has 0 radical (unpaired) electrons. The lowest BCUT2D eigenvalue weighted by Crippen LogP contribution is -2.31. The molecule has 1 saturated heterocycles. The zero-order chi connectivity index (χ0) is 18.6. The van der Waals surface area contributed by atoms with E-state index in [9.17, 15) is 10.1 Å². The number of rotatable bonds is 4. The fraction of sp³-hybridized carbons (Fsp3) is 0.0833. The van der Waals surface area contributed by atoms with Gasteiger partial charge in [0.05, 0.1) is 4.92 Å². The predicted octanol–water partition coefficient (Wildman–Crippen LogP) is 0.0218. The Hall–Kier alpha value is -3.19. The number of benzene rings is 1. The number of nitro groups is 1. The molecular formula is C12H12N8O3S2. The van der Waals surface area contributed by atoms with Gasteiger partial charge in [-0.1, -0.05) is 0 Å². The fourth-order valence-electron chi connectivity index (χ4n) is 1.91. The summed E-state index contributed by atoms with van der Waals surface area (Å²) in [4.78, 5) is 10.2. The minimum atomic E-state index is -0.845. The highest BCUT2D eigenvalue weighted by molar-refractivity contribution is 7.80. The van der Waals surface area contributed by atoms with Gasteiger partial charge in [0.1, 0.15) is 5.71 Å². The van der Waals surface area contributed by atoms with E-state index in [-0.39, 0.29) is 33.2 Å². The van der Waals surface area contributed by atoms with E-state index in [2.05, 4.69) is 33.3 Å². The van der Waals surface area contributed by atoms with Crippen LogP contribution in [0.5, 0.6) is 0 Å². The van der Waals surface area contributed by atoms with Gasteiger partial charge in [-0.2, -0.15) is 10.2 Å². The van der Waals surface area contributed by atoms with E-state index < -0.39 is 11.0 Å². The Morgan fingerprint density at radius 3 is 2.28 bits per heavy atom. The second-order valence-electron chi connectivity index (χ2n) is 4.59. The van der Waals surface area contributed by atoms with Crippen molar-refractivity contribution in [2.45, 2.75) is 6.10 Å². The second-order valence-corrected chi connectivity index (χ2v) is 5.46. The zero-order valence-electron chi connectivity index (χ0n) is 12.4. The zero-order valence-corrected chi connectivity index (χ0v) is 14.1. The summed E-state index contributed by atoms with van der Waals surface area (Å²) in [6.45, 7) is 0. The molecule has 130 valence electrons. The Bertz CT molecular complexity index is 805. The van der Waals surface area contributed by atoms with Crippen molar-refractivity contribution in [1.82, 2.24) is 10.9 Å². The number of hydrazone groups is 2. The van der Waals surface area contributed by atoms with E-state index in [1.54, 1.807) is 0 Å². The van der Waals surface area contributed by atoms with Gasteiger partial charge in [-0.15, -0.1) is 0 Å². The maximum atomic E-state index is 10.8. The van der Waals surface area contributed by atoms with Crippen molar-refractivity contribution in [2.24, 2.45) is 21.7 Å². The first-order valence-electron chi connectivity index (χ1n) is 6.56. The smallest absolute Gasteiger partial charge is 0.269 e. The van der Waals surface area contributed by atoms with Crippen LogP contribution in [0, 0.1) is 15.5 Å². The van der Waals surface area contributed by atoms with Crippen molar-refractivity contribution in [3.05, 3.63) is 39.9 Å². The summed E-state index contributed by atoms with van der Waals surface area (Å²) in [6.07, 6.45) is -0.845. The van der Waals surface area contributed by atoms with Gasteiger partial charge in [-0.25, -0.2) is 0 Å². The highest BCUT2D eigenvalue weighted by Gasteiger charge is 2.37. The van der Waals surface area contributed by atoms with E-state index in [1.807, 2.05) is 0 Å². The maximum absolute atomic E-state index is 10.8. The highest BCUT2D eigenvalue weighted by atomic mass is 32.1. The van der Waals surface area contributed by atoms with Crippen LogP contribution in [-0.2, 0) is 4.74 Å². The Morgan fingerprint density at radius 1 is 1.20 bits per heavy atom. The summed E-state index contributed by atoms with van der Waals surface area (Å²) in [5, 5.41) is 26.3. The van der Waals surface area contributed by atoms with Crippen molar-refractivity contribution in [1.29, 1.82) is 5.41 Å². The first-order valence-corrected chi connectivity index (χ1v) is 7.37. The molecule has 11 nitrogen and oxygen atoms in total. The molecule has 1 fully saturated rings. The van der Waals surface area contributed by atoms with Crippen LogP contribution in [0.4, 0.5) is 5.69 Å². The van der Waals surface area contributed by atoms with Crippen LogP contribution in [0.15, 0.2) is 34.5 Å². The van der Waals surface area contributed by atoms with Crippen LogP contribution in [0.25, 0.3) is 0 Å². The molecule has 0 spiro atoms. The van der Waals surface area contributed by atoms with Crippen LogP contribution in [0.2, 0.25) is 0 Å². The number of nitrogens with zero attached hydrogens (tertiary/aromatic N) is 3. The van der Waals surface area contributed by atoms with Gasteiger partial charge in [0.25, 0.3) is 5.69 Å². The number of thiocarbonyl (C=S) groups is 2. The standard InChI is InChI=1S/C12H12N8O3S2/c13-10-8(17-19-12(15)25)7(16-18-11(14)24)9(23-10)5-1-3-6(4-2-5)20(21)22/h1-4,9,13H,(H3,14,18,24)(H3,15,19,25)/b13-10?,16-7?,17-8+/t9-/m0/s1. The second kappa shape index (κ2) is 7.59. The normalized spacial score (nSPS) is 19.5. The summed E-state index contributed by atoms with van der Waals surface area (Å²) in [5.74, 6) is -0.296. The molecule has 1 heterocycles. The van der Waals surface area contributed by atoms with Crippen LogP contribution >= 0.6 is 24.4 Å². The molecule has 7 N–H and O–H groups in total. The summed E-state index contributed by atoms with van der Waals surface area (Å²) < 4.78 is 5.44. The fourth-order valence-corrected chi connectivity index (χ4v) is 2.00. The molecule has 13 heteroatoms. The molecule has 0 aliphatic carbocycles. The highest BCUT2D eigenvalue weighted by Crippen LogP contribution is 2.27. The van der Waals surface area contributed by atoms with Gasteiger partial charge >= 0.3 is 0 Å². The van der Waals surface area contributed by atoms with Gasteiger partial charge in [0, 0.05) is 12.1 Å². The first kappa shape index (κ1) is 18.2. The Balaban J connectivity index is 2.41.